The number of halogens is 4. The highest BCUT2D eigenvalue weighted by atomic mass is 32.2. The molecule has 10 heteroatoms. The molecule has 1 heterocycles. The summed E-state index contributed by atoms with van der Waals surface area (Å²) in [5.74, 6) is 3.81. The Bertz CT molecular complexity index is 930. The molecular formula is C20H24F4O4S2. The number of rotatable bonds is 7. The van der Waals surface area contributed by atoms with Crippen molar-refractivity contribution in [2.24, 2.45) is 0 Å². The number of fused-ring (bicyclic) bond motifs is 1. The highest BCUT2D eigenvalue weighted by Crippen LogP contribution is 2.34. The summed E-state index contributed by atoms with van der Waals surface area (Å²) < 4.78 is 78.7. The lowest BCUT2D eigenvalue weighted by Crippen LogP contribution is -2.36. The van der Waals surface area contributed by atoms with E-state index in [4.69, 9.17) is 4.74 Å². The molecule has 1 aliphatic rings. The summed E-state index contributed by atoms with van der Waals surface area (Å²) in [7, 11) is -5.77. The Hall–Kier alpha value is -1.52. The van der Waals surface area contributed by atoms with Crippen molar-refractivity contribution in [3.05, 3.63) is 36.4 Å². The number of ether oxygens (including phenoxy) is 1. The van der Waals surface area contributed by atoms with E-state index in [1.165, 1.54) is 41.5 Å². The van der Waals surface area contributed by atoms with Gasteiger partial charge in [-0.25, -0.2) is 17.2 Å². The molecule has 1 saturated heterocycles. The van der Waals surface area contributed by atoms with Crippen LogP contribution < -0.4 is 4.74 Å². The largest absolute Gasteiger partial charge is 0.743 e. The highest BCUT2D eigenvalue weighted by Gasteiger charge is 2.48. The van der Waals surface area contributed by atoms with Gasteiger partial charge in [0.2, 0.25) is 0 Å². The third kappa shape index (κ3) is 6.01. The van der Waals surface area contributed by atoms with Crippen LogP contribution in [0.3, 0.4) is 0 Å². The molecule has 0 aromatic heterocycles. The Kier molecular flexibility index (Phi) is 8.81. The fourth-order valence-corrected chi connectivity index (χ4v) is 5.65. The van der Waals surface area contributed by atoms with Crippen LogP contribution >= 0.6 is 0 Å². The van der Waals surface area contributed by atoms with Gasteiger partial charge >= 0.3 is 11.7 Å². The van der Waals surface area contributed by atoms with E-state index < -0.39 is 21.8 Å². The van der Waals surface area contributed by atoms with Crippen LogP contribution in [0.5, 0.6) is 5.75 Å². The zero-order valence-electron chi connectivity index (χ0n) is 16.5. The first-order valence-corrected chi connectivity index (χ1v) is 12.5. The van der Waals surface area contributed by atoms with Gasteiger partial charge in [-0.1, -0.05) is 31.5 Å². The second kappa shape index (κ2) is 10.7. The minimum Gasteiger partial charge on any atom is -0.743 e. The fourth-order valence-electron chi connectivity index (χ4n) is 2.93. The van der Waals surface area contributed by atoms with E-state index >= 15 is 0 Å². The molecule has 0 N–H and O–H groups in total. The number of hydrogen-bond acceptors (Lipinski definition) is 4. The summed E-state index contributed by atoms with van der Waals surface area (Å²) in [5, 5.41) is -2.78. The average Bonchev–Trinajstić information content (AvgIpc) is 3.22. The van der Waals surface area contributed by atoms with Crippen LogP contribution in [0.15, 0.2) is 41.3 Å². The molecule has 0 bridgehead atoms. The predicted octanol–water partition coefficient (Wildman–Crippen LogP) is 5.18. The van der Waals surface area contributed by atoms with E-state index in [2.05, 4.69) is 43.3 Å². The minimum atomic E-state index is -6.23. The van der Waals surface area contributed by atoms with Gasteiger partial charge in [-0.05, 0) is 37.5 Å². The number of alkyl halides is 4. The first kappa shape index (κ1) is 24.7. The first-order valence-electron chi connectivity index (χ1n) is 9.53. The van der Waals surface area contributed by atoms with Crippen LogP contribution in [0.2, 0.25) is 0 Å². The molecule has 30 heavy (non-hydrogen) atoms. The van der Waals surface area contributed by atoms with Crippen LogP contribution in [-0.4, -0.2) is 42.8 Å². The molecule has 0 radical (unpaired) electrons. The Labute approximate surface area is 176 Å². The Morgan fingerprint density at radius 1 is 1.10 bits per heavy atom. The Balaban J connectivity index is 0.000000274. The standard InChI is InChI=1S/C18H23OS.C2H2F4O3S/c1-2-3-12-19-17-10-11-18(20-13-6-7-14-20)16-9-5-4-8-15(16)17;3-1(4)2(5,6)10(7,8)9/h4-5,8-11H,2-3,6-7,12-14H2,1H3;1H,(H,7,8,9)/q+1;/p-1. The maximum Gasteiger partial charge on any atom is 0.393 e. The van der Waals surface area contributed by atoms with Crippen molar-refractivity contribution in [2.75, 3.05) is 18.1 Å². The minimum absolute atomic E-state index is 0.464. The van der Waals surface area contributed by atoms with Crippen molar-refractivity contribution in [3.63, 3.8) is 0 Å². The van der Waals surface area contributed by atoms with E-state index in [9.17, 15) is 30.5 Å². The molecule has 0 amide bonds. The van der Waals surface area contributed by atoms with Crippen molar-refractivity contribution in [1.82, 2.24) is 0 Å². The molecule has 0 aliphatic carbocycles. The van der Waals surface area contributed by atoms with Gasteiger partial charge in [-0.3, -0.25) is 0 Å². The van der Waals surface area contributed by atoms with Gasteiger partial charge in [-0.15, -0.1) is 0 Å². The summed E-state index contributed by atoms with van der Waals surface area (Å²) in [5.41, 5.74) is 0. The monoisotopic (exact) mass is 468 g/mol. The summed E-state index contributed by atoms with van der Waals surface area (Å²) in [6.45, 7) is 3.03. The van der Waals surface area contributed by atoms with Gasteiger partial charge in [0.15, 0.2) is 15.0 Å². The van der Waals surface area contributed by atoms with Crippen molar-refractivity contribution in [1.29, 1.82) is 0 Å². The van der Waals surface area contributed by atoms with Crippen LogP contribution in [-0.2, 0) is 21.0 Å². The van der Waals surface area contributed by atoms with Gasteiger partial charge in [0.05, 0.1) is 6.61 Å². The van der Waals surface area contributed by atoms with Crippen molar-refractivity contribution >= 4 is 31.8 Å². The molecule has 0 atom stereocenters. The van der Waals surface area contributed by atoms with Gasteiger partial charge in [0, 0.05) is 21.7 Å². The third-order valence-electron chi connectivity index (χ3n) is 4.53. The third-order valence-corrected chi connectivity index (χ3v) is 7.92. The molecular weight excluding hydrogens is 444 g/mol. The zero-order chi connectivity index (χ0) is 22.4. The van der Waals surface area contributed by atoms with Gasteiger partial charge in [0.1, 0.15) is 17.3 Å². The highest BCUT2D eigenvalue weighted by molar-refractivity contribution is 7.97. The fraction of sp³-hybridized carbons (Fsp3) is 0.500. The molecule has 1 fully saturated rings. The summed E-state index contributed by atoms with van der Waals surface area (Å²) in [6, 6.07) is 13.3. The summed E-state index contributed by atoms with van der Waals surface area (Å²) in [6.07, 6.45) is 0.619. The Morgan fingerprint density at radius 2 is 1.70 bits per heavy atom. The average molecular weight is 469 g/mol. The first-order chi connectivity index (χ1) is 14.1. The Morgan fingerprint density at radius 3 is 2.20 bits per heavy atom. The summed E-state index contributed by atoms with van der Waals surface area (Å²) in [4.78, 5) is 1.56. The second-order valence-electron chi connectivity index (χ2n) is 6.73. The van der Waals surface area contributed by atoms with Gasteiger partial charge in [-0.2, -0.15) is 8.78 Å². The molecule has 4 nitrogen and oxygen atoms in total. The van der Waals surface area contributed by atoms with Crippen LogP contribution in [0.25, 0.3) is 10.8 Å². The molecule has 2 aromatic rings. The predicted molar refractivity (Wildman–Crippen MR) is 110 cm³/mol. The topological polar surface area (TPSA) is 66.4 Å². The zero-order valence-corrected chi connectivity index (χ0v) is 18.1. The van der Waals surface area contributed by atoms with E-state index in [0.29, 0.717) is 10.9 Å². The van der Waals surface area contributed by atoms with Crippen molar-refractivity contribution in [2.45, 2.75) is 49.2 Å². The van der Waals surface area contributed by atoms with E-state index in [1.54, 1.807) is 4.90 Å². The van der Waals surface area contributed by atoms with E-state index in [-0.39, 0.29) is 0 Å². The van der Waals surface area contributed by atoms with Crippen molar-refractivity contribution in [3.8, 4) is 5.75 Å². The van der Waals surface area contributed by atoms with Gasteiger partial charge in [0.25, 0.3) is 0 Å². The lowest BCUT2D eigenvalue weighted by Gasteiger charge is -2.17. The molecule has 0 spiro atoms. The van der Waals surface area contributed by atoms with Crippen LogP contribution in [0.1, 0.15) is 32.6 Å². The number of benzene rings is 2. The molecule has 1 aliphatic heterocycles. The summed E-state index contributed by atoms with van der Waals surface area (Å²) >= 11 is 0. The van der Waals surface area contributed by atoms with Gasteiger partial charge < -0.3 is 9.29 Å². The van der Waals surface area contributed by atoms with Crippen LogP contribution in [0, 0.1) is 0 Å². The number of unbranched alkanes of at least 4 members (excludes halogenated alkanes) is 1. The quantitative estimate of drug-likeness (QED) is 0.243. The van der Waals surface area contributed by atoms with E-state index in [1.807, 2.05) is 0 Å². The number of hydrogen-bond donors (Lipinski definition) is 0. The lowest BCUT2D eigenvalue weighted by atomic mass is 10.1. The van der Waals surface area contributed by atoms with Crippen molar-refractivity contribution < 1.29 is 35.3 Å². The molecule has 168 valence electrons. The lowest BCUT2D eigenvalue weighted by molar-refractivity contribution is -0.0692. The smallest absolute Gasteiger partial charge is 0.393 e. The van der Waals surface area contributed by atoms with Crippen LogP contribution in [0.4, 0.5) is 17.6 Å². The SMILES string of the molecule is CCCCOc1ccc([S+]2CCCC2)c2ccccc12.O=S(=O)([O-])C(F)(F)C(F)F. The molecule has 2 aromatic carbocycles. The molecule has 0 saturated carbocycles. The molecule has 3 rings (SSSR count). The maximum absolute atomic E-state index is 11.4. The second-order valence-corrected chi connectivity index (χ2v) is 10.4. The normalized spacial score (nSPS) is 15.3. The molecule has 0 unspecified atom stereocenters. The van der Waals surface area contributed by atoms with E-state index in [0.717, 1.165) is 18.8 Å². The maximum atomic E-state index is 11.4.